The predicted octanol–water partition coefficient (Wildman–Crippen LogP) is 5.11. The molecule has 0 atom stereocenters. The number of rotatable bonds is 12. The van der Waals surface area contributed by atoms with Gasteiger partial charge in [-0.2, -0.15) is 0 Å². The molecule has 1 heterocycles. The third kappa shape index (κ3) is 5.39. The van der Waals surface area contributed by atoms with Crippen molar-refractivity contribution in [2.24, 2.45) is 0 Å². The van der Waals surface area contributed by atoms with Gasteiger partial charge in [-0.15, -0.1) is 28.6 Å². The number of fused-ring (bicyclic) bond motifs is 1. The van der Waals surface area contributed by atoms with Crippen LogP contribution < -0.4 is 5.32 Å². The summed E-state index contributed by atoms with van der Waals surface area (Å²) in [4.78, 5) is 0. The van der Waals surface area contributed by atoms with Gasteiger partial charge in [0.15, 0.2) is 0 Å². The molecular formula is C18H30N4S2. The molecule has 0 bridgehead atoms. The van der Waals surface area contributed by atoms with Crippen LogP contribution in [0.1, 0.15) is 52.9 Å². The fourth-order valence-corrected chi connectivity index (χ4v) is 5.57. The summed E-state index contributed by atoms with van der Waals surface area (Å²) in [6, 6.07) is 8.14. The average molecular weight is 367 g/mol. The minimum Gasteiger partial charge on any atom is -0.275 e. The number of para-hydroxylation sites is 1. The van der Waals surface area contributed by atoms with Crippen molar-refractivity contribution in [2.75, 3.05) is 11.5 Å². The molecule has 0 aliphatic heterocycles. The van der Waals surface area contributed by atoms with Crippen LogP contribution in [-0.4, -0.2) is 30.7 Å². The molecule has 2 aromatic rings. The van der Waals surface area contributed by atoms with Crippen molar-refractivity contribution in [3.63, 3.8) is 0 Å². The fourth-order valence-electron chi connectivity index (χ4n) is 2.47. The normalized spacial score (nSPS) is 12.1. The van der Waals surface area contributed by atoms with Gasteiger partial charge in [-0.25, -0.2) is 4.68 Å². The number of thioether (sulfide) groups is 2. The van der Waals surface area contributed by atoms with E-state index in [0.717, 1.165) is 17.5 Å². The van der Waals surface area contributed by atoms with Crippen molar-refractivity contribution in [2.45, 2.75) is 63.7 Å². The Morgan fingerprint density at radius 1 is 1.04 bits per heavy atom. The number of nitrogens with zero attached hydrogens (tertiary/aromatic N) is 3. The first-order chi connectivity index (χ1) is 11.7. The van der Waals surface area contributed by atoms with Crippen LogP contribution in [0.3, 0.4) is 0 Å². The van der Waals surface area contributed by atoms with Crippen LogP contribution in [0, 0.1) is 0 Å². The number of benzene rings is 1. The van der Waals surface area contributed by atoms with E-state index < -0.39 is 0 Å². The maximum atomic E-state index is 4.31. The minimum atomic E-state index is 0.0669. The zero-order valence-corrected chi connectivity index (χ0v) is 16.8. The van der Waals surface area contributed by atoms with Crippen LogP contribution in [0.15, 0.2) is 24.3 Å². The summed E-state index contributed by atoms with van der Waals surface area (Å²) in [6.07, 6.45) is 6.14. The lowest BCUT2D eigenvalue weighted by Gasteiger charge is -2.33. The van der Waals surface area contributed by atoms with Gasteiger partial charge in [0.25, 0.3) is 0 Å². The summed E-state index contributed by atoms with van der Waals surface area (Å²) in [6.45, 7) is 7.50. The van der Waals surface area contributed by atoms with Crippen LogP contribution >= 0.6 is 23.5 Å². The van der Waals surface area contributed by atoms with E-state index in [2.05, 4.69) is 66.0 Å². The molecule has 0 saturated heterocycles. The lowest BCUT2D eigenvalue weighted by Crippen LogP contribution is -2.40. The highest BCUT2D eigenvalue weighted by Gasteiger charge is 2.28. The monoisotopic (exact) mass is 366 g/mol. The Morgan fingerprint density at radius 2 is 1.71 bits per heavy atom. The molecule has 2 rings (SSSR count). The molecule has 1 N–H and O–H groups in total. The third-order valence-corrected chi connectivity index (χ3v) is 7.54. The second kappa shape index (κ2) is 10.3. The molecule has 0 aliphatic carbocycles. The van der Waals surface area contributed by atoms with Crippen molar-refractivity contribution in [1.82, 2.24) is 20.3 Å². The SMILES string of the molecule is CCCCSC(CC)(NCn1nnc2ccccc21)SCCCC. The first-order valence-electron chi connectivity index (χ1n) is 9.05. The van der Waals surface area contributed by atoms with Gasteiger partial charge in [-0.05, 0) is 42.9 Å². The number of hydrogen-bond donors (Lipinski definition) is 1. The van der Waals surface area contributed by atoms with E-state index in [1.54, 1.807) is 0 Å². The van der Waals surface area contributed by atoms with E-state index >= 15 is 0 Å². The van der Waals surface area contributed by atoms with Gasteiger partial charge in [-0.3, -0.25) is 5.32 Å². The molecule has 4 nitrogen and oxygen atoms in total. The number of aromatic nitrogens is 3. The number of nitrogens with one attached hydrogen (secondary N) is 1. The van der Waals surface area contributed by atoms with Gasteiger partial charge in [0, 0.05) is 0 Å². The molecule has 0 saturated carbocycles. The van der Waals surface area contributed by atoms with Crippen molar-refractivity contribution >= 4 is 34.6 Å². The number of unbranched alkanes of at least 4 members (excludes halogenated alkanes) is 2. The summed E-state index contributed by atoms with van der Waals surface area (Å²) in [7, 11) is 0. The Labute approximate surface area is 154 Å². The summed E-state index contributed by atoms with van der Waals surface area (Å²) in [5.41, 5.74) is 2.05. The highest BCUT2D eigenvalue weighted by atomic mass is 32.2. The minimum absolute atomic E-state index is 0.0669. The molecule has 1 aromatic heterocycles. The van der Waals surface area contributed by atoms with E-state index in [4.69, 9.17) is 0 Å². The standard InChI is InChI=1S/C18H30N4S2/c1-4-7-13-23-18(6-3,24-14-8-5-2)19-15-22-17-12-10-9-11-16(17)20-21-22/h9-12,19H,4-8,13-15H2,1-3H3. The van der Waals surface area contributed by atoms with Crippen LogP contribution in [-0.2, 0) is 6.67 Å². The van der Waals surface area contributed by atoms with Crippen molar-refractivity contribution in [1.29, 1.82) is 0 Å². The van der Waals surface area contributed by atoms with E-state index in [9.17, 15) is 0 Å². The molecule has 0 spiro atoms. The second-order valence-electron chi connectivity index (χ2n) is 5.92. The molecule has 1 aromatic carbocycles. The highest BCUT2D eigenvalue weighted by Crippen LogP contribution is 2.39. The Hall–Kier alpha value is -0.720. The Bertz CT molecular complexity index is 589. The maximum absolute atomic E-state index is 4.31. The largest absolute Gasteiger partial charge is 0.275 e. The highest BCUT2D eigenvalue weighted by molar-refractivity contribution is 8.18. The van der Waals surface area contributed by atoms with Gasteiger partial charge < -0.3 is 0 Å². The van der Waals surface area contributed by atoms with Crippen molar-refractivity contribution in [3.05, 3.63) is 24.3 Å². The summed E-state index contributed by atoms with van der Waals surface area (Å²) in [5.74, 6) is 2.41. The fraction of sp³-hybridized carbons (Fsp3) is 0.667. The van der Waals surface area contributed by atoms with Crippen molar-refractivity contribution in [3.8, 4) is 0 Å². The summed E-state index contributed by atoms with van der Waals surface area (Å²) in [5, 5.41) is 12.3. The van der Waals surface area contributed by atoms with Crippen molar-refractivity contribution < 1.29 is 0 Å². The smallest absolute Gasteiger partial charge is 0.113 e. The molecular weight excluding hydrogens is 336 g/mol. The van der Waals surface area contributed by atoms with Crippen LogP contribution in [0.2, 0.25) is 0 Å². The van der Waals surface area contributed by atoms with Gasteiger partial charge in [-0.1, -0.05) is 51.0 Å². The average Bonchev–Trinajstić information content (AvgIpc) is 3.03. The zero-order valence-electron chi connectivity index (χ0n) is 15.1. The summed E-state index contributed by atoms with van der Waals surface area (Å²) < 4.78 is 2.04. The Kier molecular flexibility index (Phi) is 8.42. The van der Waals surface area contributed by atoms with Gasteiger partial charge in [0.1, 0.15) is 9.72 Å². The Balaban J connectivity index is 2.04. The van der Waals surface area contributed by atoms with Gasteiger partial charge in [0.05, 0.1) is 12.2 Å². The molecule has 0 fully saturated rings. The second-order valence-corrected chi connectivity index (χ2v) is 8.97. The van der Waals surface area contributed by atoms with E-state index in [-0.39, 0.29) is 4.20 Å². The topological polar surface area (TPSA) is 42.7 Å². The van der Waals surface area contributed by atoms with Crippen LogP contribution in [0.25, 0.3) is 11.0 Å². The van der Waals surface area contributed by atoms with E-state index in [1.165, 1.54) is 37.2 Å². The van der Waals surface area contributed by atoms with E-state index in [1.807, 2.05) is 22.9 Å². The molecule has 0 unspecified atom stereocenters. The van der Waals surface area contributed by atoms with Gasteiger partial charge in [0.2, 0.25) is 0 Å². The molecule has 6 heteroatoms. The molecule has 0 radical (unpaired) electrons. The quantitative estimate of drug-likeness (QED) is 0.418. The van der Waals surface area contributed by atoms with Crippen LogP contribution in [0.5, 0.6) is 0 Å². The lowest BCUT2D eigenvalue weighted by molar-refractivity contribution is 0.471. The Morgan fingerprint density at radius 3 is 2.33 bits per heavy atom. The molecule has 24 heavy (non-hydrogen) atoms. The number of hydrogen-bond acceptors (Lipinski definition) is 5. The molecule has 0 amide bonds. The first kappa shape index (κ1) is 19.6. The lowest BCUT2D eigenvalue weighted by atomic mass is 10.3. The van der Waals surface area contributed by atoms with Crippen LogP contribution in [0.4, 0.5) is 0 Å². The maximum Gasteiger partial charge on any atom is 0.113 e. The third-order valence-electron chi connectivity index (χ3n) is 4.05. The predicted molar refractivity (Wildman–Crippen MR) is 108 cm³/mol. The molecule has 134 valence electrons. The molecule has 0 aliphatic rings. The van der Waals surface area contributed by atoms with E-state index in [0.29, 0.717) is 6.67 Å². The zero-order chi connectivity index (χ0) is 17.3. The van der Waals surface area contributed by atoms with Gasteiger partial charge >= 0.3 is 0 Å². The summed E-state index contributed by atoms with van der Waals surface area (Å²) >= 11 is 4.12. The first-order valence-corrected chi connectivity index (χ1v) is 11.0.